The number of benzene rings is 5. The van der Waals surface area contributed by atoms with Crippen molar-refractivity contribution in [2.45, 2.75) is 0 Å². The van der Waals surface area contributed by atoms with E-state index in [1.165, 1.54) is 11.1 Å². The minimum Gasteiger partial charge on any atom is -0.438 e. The summed E-state index contributed by atoms with van der Waals surface area (Å²) in [6.45, 7) is 0. The molecule has 0 saturated heterocycles. The largest absolute Gasteiger partial charge is 0.438 e. The van der Waals surface area contributed by atoms with Gasteiger partial charge in [0.25, 0.3) is 0 Å². The van der Waals surface area contributed by atoms with Crippen molar-refractivity contribution in [3.63, 3.8) is 0 Å². The molecule has 9 aromatic rings. The van der Waals surface area contributed by atoms with Crippen molar-refractivity contribution in [3.8, 4) is 22.3 Å². The lowest BCUT2D eigenvalue weighted by Crippen LogP contribution is -2.12. The van der Waals surface area contributed by atoms with Crippen molar-refractivity contribution < 1.29 is 8.83 Å². The van der Waals surface area contributed by atoms with Gasteiger partial charge in [-0.05, 0) is 47.0 Å². The van der Waals surface area contributed by atoms with Crippen LogP contribution in [0.25, 0.3) is 66.4 Å². The molecule has 212 valence electrons. The molecular weight excluding hydrogens is 554 g/mol. The zero-order valence-electron chi connectivity index (χ0n) is 24.1. The molecule has 4 heterocycles. The van der Waals surface area contributed by atoms with Crippen LogP contribution in [0, 0.1) is 0 Å². The van der Waals surface area contributed by atoms with Crippen molar-refractivity contribution in [2.75, 3.05) is 4.90 Å². The summed E-state index contributed by atoms with van der Waals surface area (Å²) in [5, 5.41) is 3.98. The molecule has 0 radical (unpaired) electrons. The second-order valence-corrected chi connectivity index (χ2v) is 11.1. The Labute approximate surface area is 258 Å². The number of furan rings is 2. The van der Waals surface area contributed by atoms with Crippen LogP contribution in [0.15, 0.2) is 161 Å². The minimum absolute atomic E-state index is 0.610. The minimum atomic E-state index is 0.610. The third kappa shape index (κ3) is 4.25. The monoisotopic (exact) mass is 579 g/mol. The molecule has 0 spiro atoms. The van der Waals surface area contributed by atoms with Crippen molar-refractivity contribution in [2.24, 2.45) is 0 Å². The Hall–Kier alpha value is -6.20. The molecule has 4 aromatic heterocycles. The maximum Gasteiger partial charge on any atom is 0.227 e. The number of rotatable bonds is 5. The first-order valence-electron chi connectivity index (χ1n) is 14.9. The predicted octanol–water partition coefficient (Wildman–Crippen LogP) is 11.1. The summed E-state index contributed by atoms with van der Waals surface area (Å²) in [6, 6.07) is 48.1. The Kier molecular flexibility index (Phi) is 5.74. The highest BCUT2D eigenvalue weighted by Crippen LogP contribution is 2.43. The van der Waals surface area contributed by atoms with Gasteiger partial charge in [-0.1, -0.05) is 109 Å². The molecule has 0 aliphatic rings. The average Bonchev–Trinajstić information content (AvgIpc) is 3.67. The fourth-order valence-corrected chi connectivity index (χ4v) is 6.25. The number of pyridine rings is 2. The van der Waals surface area contributed by atoms with Gasteiger partial charge in [0.05, 0.1) is 40.2 Å². The van der Waals surface area contributed by atoms with Crippen LogP contribution < -0.4 is 4.90 Å². The highest BCUT2D eigenvalue weighted by Gasteiger charge is 2.21. The molecule has 9 rings (SSSR count). The lowest BCUT2D eigenvalue weighted by molar-refractivity contribution is 0.654. The van der Waals surface area contributed by atoms with Crippen LogP contribution in [0.2, 0.25) is 0 Å². The second kappa shape index (κ2) is 10.2. The zero-order valence-corrected chi connectivity index (χ0v) is 24.1. The summed E-state index contributed by atoms with van der Waals surface area (Å²) in [7, 11) is 0. The number of nitrogens with zero attached hydrogens (tertiary/aromatic N) is 3. The van der Waals surface area contributed by atoms with Crippen molar-refractivity contribution in [1.29, 1.82) is 0 Å². The maximum absolute atomic E-state index is 6.08. The van der Waals surface area contributed by atoms with Crippen LogP contribution in [-0.4, -0.2) is 9.97 Å². The second-order valence-electron chi connectivity index (χ2n) is 11.1. The molecule has 0 aliphatic carbocycles. The molecule has 0 unspecified atom stereocenters. The van der Waals surface area contributed by atoms with Gasteiger partial charge in [-0.15, -0.1) is 0 Å². The fourth-order valence-electron chi connectivity index (χ4n) is 6.25. The highest BCUT2D eigenvalue weighted by atomic mass is 16.3. The summed E-state index contributed by atoms with van der Waals surface area (Å²) < 4.78 is 12.2. The molecular formula is C40H25N3O2. The standard InChI is InChI=1S/C40H25N3O2/c1-2-10-26(11-3-1)27-18-20-28(21-19-27)31-12-4-7-15-36(31)43(29-22-34-32-13-5-8-16-37(32)44-39(34)41-24-29)30-23-35-33-14-6-9-17-38(33)45-40(35)42-25-30/h1-25H. The molecule has 5 aromatic carbocycles. The van der Waals surface area contributed by atoms with E-state index in [-0.39, 0.29) is 0 Å². The van der Waals surface area contributed by atoms with Crippen LogP contribution in [0.4, 0.5) is 17.1 Å². The third-order valence-corrected chi connectivity index (χ3v) is 8.41. The van der Waals surface area contributed by atoms with Crippen LogP contribution in [0.5, 0.6) is 0 Å². The molecule has 0 amide bonds. The topological polar surface area (TPSA) is 55.3 Å². The van der Waals surface area contributed by atoms with Gasteiger partial charge in [-0.2, -0.15) is 0 Å². The first-order valence-corrected chi connectivity index (χ1v) is 14.9. The van der Waals surface area contributed by atoms with E-state index in [2.05, 4.69) is 102 Å². The fraction of sp³-hybridized carbons (Fsp3) is 0. The van der Waals surface area contributed by atoms with E-state index in [1.807, 2.05) is 54.9 Å². The van der Waals surface area contributed by atoms with Crippen molar-refractivity contribution >= 4 is 61.2 Å². The Morgan fingerprint density at radius 2 is 0.911 bits per heavy atom. The molecule has 5 heteroatoms. The van der Waals surface area contributed by atoms with Gasteiger partial charge in [0.15, 0.2) is 0 Å². The van der Waals surface area contributed by atoms with Gasteiger partial charge < -0.3 is 13.7 Å². The SMILES string of the molecule is c1ccc(-c2ccc(-c3ccccc3N(c3cnc4oc5ccccc5c4c3)c3cnc4oc5ccccc5c4c3)cc2)cc1. The van der Waals surface area contributed by atoms with E-state index >= 15 is 0 Å². The summed E-state index contributed by atoms with van der Waals surface area (Å²) in [6.07, 6.45) is 3.75. The van der Waals surface area contributed by atoms with Gasteiger partial charge in [0.1, 0.15) is 11.2 Å². The maximum atomic E-state index is 6.08. The van der Waals surface area contributed by atoms with E-state index in [9.17, 15) is 0 Å². The van der Waals surface area contributed by atoms with Crippen LogP contribution >= 0.6 is 0 Å². The summed E-state index contributed by atoms with van der Waals surface area (Å²) in [5.41, 5.74) is 10.2. The lowest BCUT2D eigenvalue weighted by atomic mass is 9.98. The smallest absolute Gasteiger partial charge is 0.227 e. The van der Waals surface area contributed by atoms with E-state index < -0.39 is 0 Å². The summed E-state index contributed by atoms with van der Waals surface area (Å²) in [4.78, 5) is 11.8. The summed E-state index contributed by atoms with van der Waals surface area (Å²) >= 11 is 0. The normalized spacial score (nSPS) is 11.6. The van der Waals surface area contributed by atoms with Gasteiger partial charge in [-0.25, -0.2) is 9.97 Å². The van der Waals surface area contributed by atoms with Crippen LogP contribution in [-0.2, 0) is 0 Å². The highest BCUT2D eigenvalue weighted by molar-refractivity contribution is 6.07. The average molecular weight is 580 g/mol. The first-order chi connectivity index (χ1) is 22.3. The zero-order chi connectivity index (χ0) is 29.7. The number of aromatic nitrogens is 2. The number of para-hydroxylation sites is 3. The Bertz CT molecular complexity index is 2380. The quantitative estimate of drug-likeness (QED) is 0.203. The Morgan fingerprint density at radius 3 is 1.53 bits per heavy atom. The molecule has 5 nitrogen and oxygen atoms in total. The van der Waals surface area contributed by atoms with Crippen LogP contribution in [0.1, 0.15) is 0 Å². The molecule has 0 bridgehead atoms. The van der Waals surface area contributed by atoms with Gasteiger partial charge in [0, 0.05) is 16.3 Å². The van der Waals surface area contributed by atoms with E-state index in [0.717, 1.165) is 60.9 Å². The van der Waals surface area contributed by atoms with Crippen LogP contribution in [0.3, 0.4) is 0 Å². The van der Waals surface area contributed by atoms with Crippen molar-refractivity contribution in [1.82, 2.24) is 9.97 Å². The van der Waals surface area contributed by atoms with E-state index in [1.54, 1.807) is 0 Å². The number of hydrogen-bond donors (Lipinski definition) is 0. The predicted molar refractivity (Wildman–Crippen MR) is 182 cm³/mol. The lowest BCUT2D eigenvalue weighted by Gasteiger charge is -2.27. The molecule has 0 aliphatic heterocycles. The third-order valence-electron chi connectivity index (χ3n) is 8.41. The van der Waals surface area contributed by atoms with Gasteiger partial charge in [0.2, 0.25) is 11.4 Å². The van der Waals surface area contributed by atoms with E-state index in [4.69, 9.17) is 18.8 Å². The number of fused-ring (bicyclic) bond motifs is 6. The molecule has 45 heavy (non-hydrogen) atoms. The Morgan fingerprint density at radius 1 is 0.422 bits per heavy atom. The molecule has 0 N–H and O–H groups in total. The first kappa shape index (κ1) is 25.3. The van der Waals surface area contributed by atoms with Gasteiger partial charge >= 0.3 is 0 Å². The van der Waals surface area contributed by atoms with Crippen molar-refractivity contribution in [3.05, 3.63) is 152 Å². The number of anilines is 3. The van der Waals surface area contributed by atoms with Gasteiger partial charge in [-0.3, -0.25) is 0 Å². The summed E-state index contributed by atoms with van der Waals surface area (Å²) in [5.74, 6) is 0. The Balaban J connectivity index is 1.26. The molecule has 0 fully saturated rings. The number of hydrogen-bond acceptors (Lipinski definition) is 5. The molecule has 0 atom stereocenters. The molecule has 0 saturated carbocycles. The van der Waals surface area contributed by atoms with E-state index in [0.29, 0.717) is 11.4 Å².